The molecule has 0 amide bonds. The highest BCUT2D eigenvalue weighted by Crippen LogP contribution is 2.39. The van der Waals surface area contributed by atoms with Crippen molar-refractivity contribution < 1.29 is 40.2 Å². The molecule has 1 heterocycles. The molecule has 11 heteroatoms. The number of halogens is 7. The van der Waals surface area contributed by atoms with Crippen molar-refractivity contribution in [3.05, 3.63) is 70.5 Å². The summed E-state index contributed by atoms with van der Waals surface area (Å²) < 4.78 is 105. The fourth-order valence-corrected chi connectivity index (χ4v) is 3.87. The molecule has 2 aromatic rings. The molecule has 202 valence electrons. The second-order valence-corrected chi connectivity index (χ2v) is 8.91. The Morgan fingerprint density at radius 1 is 1.00 bits per heavy atom. The molecule has 0 saturated carbocycles. The fraction of sp³-hybridized carbons (Fsp3) is 0.462. The van der Waals surface area contributed by atoms with Gasteiger partial charge in [0, 0.05) is 6.54 Å². The number of nitrogens with zero attached hydrogens (tertiary/aromatic N) is 2. The number of hydrogen-bond acceptors (Lipinski definition) is 4. The molecule has 2 aromatic carbocycles. The van der Waals surface area contributed by atoms with Gasteiger partial charge in [-0.3, -0.25) is 9.80 Å². The number of rotatable bonds is 6. The molecule has 2 unspecified atom stereocenters. The fourth-order valence-electron chi connectivity index (χ4n) is 3.87. The summed E-state index contributed by atoms with van der Waals surface area (Å²) in [6, 6.07) is 6.29. The average molecular weight is 533 g/mol. The molecule has 4 nitrogen and oxygen atoms in total. The lowest BCUT2D eigenvalue weighted by Gasteiger charge is -2.41. The monoisotopic (exact) mass is 532 g/mol. The topological polar surface area (TPSA) is 24.9 Å². The zero-order valence-corrected chi connectivity index (χ0v) is 20.5. The van der Waals surface area contributed by atoms with Crippen LogP contribution in [-0.2, 0) is 21.8 Å². The van der Waals surface area contributed by atoms with Crippen LogP contribution in [0, 0.1) is 17.7 Å². The smallest absolute Gasteiger partial charge is 0.349 e. The lowest BCUT2D eigenvalue weighted by molar-refractivity contribution is -0.228. The first-order chi connectivity index (χ1) is 17.3. The van der Waals surface area contributed by atoms with Crippen molar-refractivity contribution in [1.82, 2.24) is 9.80 Å². The minimum atomic E-state index is -4.98. The molecule has 37 heavy (non-hydrogen) atoms. The maximum Gasteiger partial charge on any atom is 0.416 e. The maximum absolute atomic E-state index is 13.6. The molecule has 1 aliphatic rings. The summed E-state index contributed by atoms with van der Waals surface area (Å²) in [5, 5.41) is 0. The minimum Gasteiger partial charge on any atom is -0.349 e. The summed E-state index contributed by atoms with van der Waals surface area (Å²) in [7, 11) is 3.74. The summed E-state index contributed by atoms with van der Waals surface area (Å²) >= 11 is 0. The van der Waals surface area contributed by atoms with Crippen molar-refractivity contribution >= 4 is 0 Å². The zero-order chi connectivity index (χ0) is 27.4. The van der Waals surface area contributed by atoms with Gasteiger partial charge in [-0.2, -0.15) is 26.3 Å². The van der Waals surface area contributed by atoms with Crippen molar-refractivity contribution in [3.63, 3.8) is 0 Å². The molecule has 0 N–H and O–H groups in total. The van der Waals surface area contributed by atoms with E-state index in [1.807, 2.05) is 23.9 Å². The van der Waals surface area contributed by atoms with Gasteiger partial charge in [0.15, 0.2) is 6.29 Å². The minimum absolute atomic E-state index is 0.0722. The number of ether oxygens (including phenoxy) is 2. The summed E-state index contributed by atoms with van der Waals surface area (Å²) in [5.41, 5.74) is -2.55. The largest absolute Gasteiger partial charge is 0.416 e. The van der Waals surface area contributed by atoms with Crippen LogP contribution in [0.2, 0.25) is 0 Å². The Bertz CT molecular complexity index is 1070. The molecule has 0 aromatic heterocycles. The summed E-state index contributed by atoms with van der Waals surface area (Å²) in [5.74, 6) is 5.60. The molecule has 1 fully saturated rings. The molecular formula is C26H27F7N2O2. The van der Waals surface area contributed by atoms with Gasteiger partial charge in [-0.05, 0) is 62.5 Å². The number of morpholine rings is 1. The predicted octanol–water partition coefficient (Wildman–Crippen LogP) is 5.91. The van der Waals surface area contributed by atoms with Gasteiger partial charge in [-0.15, -0.1) is 0 Å². The third-order valence-corrected chi connectivity index (χ3v) is 5.74. The molecule has 0 bridgehead atoms. The van der Waals surface area contributed by atoms with Crippen LogP contribution in [0.3, 0.4) is 0 Å². The van der Waals surface area contributed by atoms with Crippen molar-refractivity contribution in [1.29, 1.82) is 0 Å². The molecule has 1 saturated heterocycles. The van der Waals surface area contributed by atoms with Gasteiger partial charge >= 0.3 is 12.4 Å². The van der Waals surface area contributed by atoms with Crippen LogP contribution < -0.4 is 0 Å². The quantitative estimate of drug-likeness (QED) is 0.342. The first-order valence-corrected chi connectivity index (χ1v) is 11.4. The first kappa shape index (κ1) is 28.9. The average Bonchev–Trinajstić information content (AvgIpc) is 2.81. The van der Waals surface area contributed by atoms with Gasteiger partial charge in [0.25, 0.3) is 0 Å². The van der Waals surface area contributed by atoms with E-state index >= 15 is 0 Å². The molecule has 0 radical (unpaired) electrons. The summed E-state index contributed by atoms with van der Waals surface area (Å²) in [4.78, 5) is 3.81. The van der Waals surface area contributed by atoms with Crippen molar-refractivity contribution in [2.75, 3.05) is 40.3 Å². The Morgan fingerprint density at radius 2 is 1.59 bits per heavy atom. The Hall–Kier alpha value is -2.65. The van der Waals surface area contributed by atoms with Gasteiger partial charge in [-0.25, -0.2) is 4.39 Å². The van der Waals surface area contributed by atoms with E-state index in [2.05, 4.69) is 11.8 Å². The highest BCUT2D eigenvalue weighted by molar-refractivity contribution is 5.34. The van der Waals surface area contributed by atoms with Crippen LogP contribution in [0.4, 0.5) is 30.7 Å². The Labute approximate surface area is 210 Å². The van der Waals surface area contributed by atoms with E-state index in [4.69, 9.17) is 9.47 Å². The molecule has 0 spiro atoms. The second-order valence-electron chi connectivity index (χ2n) is 8.91. The van der Waals surface area contributed by atoms with E-state index < -0.39 is 47.7 Å². The maximum atomic E-state index is 13.6. The SMILES string of the molecule is C[C@@H](OC1OCCN(CC#CCN(C)C)C1c1ccc(F)cc1)c1cc(C(F)(F)F)cc(C(F)(F)F)c1. The standard InChI is InChI=1S/C26H27F7N2O2/c1-17(19-14-20(25(28,29)30)16-21(15-19)26(31,32)33)37-24-23(18-6-8-22(27)9-7-18)35(12-13-36-24)11-5-4-10-34(2)3/h6-9,14-17,23-24H,10-13H2,1-3H3/t17-,23?,24?/m1/s1. The second kappa shape index (κ2) is 11.8. The van der Waals surface area contributed by atoms with E-state index in [0.29, 0.717) is 37.3 Å². The van der Waals surface area contributed by atoms with Gasteiger partial charge in [0.2, 0.25) is 0 Å². The first-order valence-electron chi connectivity index (χ1n) is 11.4. The predicted molar refractivity (Wildman–Crippen MR) is 123 cm³/mol. The Kier molecular flexibility index (Phi) is 9.23. The van der Waals surface area contributed by atoms with E-state index in [1.54, 1.807) is 0 Å². The van der Waals surface area contributed by atoms with Gasteiger partial charge < -0.3 is 9.47 Å². The number of hydrogen-bond donors (Lipinski definition) is 0. The van der Waals surface area contributed by atoms with Gasteiger partial charge in [0.05, 0.1) is 43.0 Å². The van der Waals surface area contributed by atoms with E-state index in [9.17, 15) is 30.7 Å². The lowest BCUT2D eigenvalue weighted by Crippen LogP contribution is -2.46. The van der Waals surface area contributed by atoms with Crippen molar-refractivity contribution in [3.8, 4) is 11.8 Å². The number of benzene rings is 2. The van der Waals surface area contributed by atoms with Gasteiger partial charge in [-0.1, -0.05) is 24.0 Å². The molecule has 0 aliphatic carbocycles. The molecule has 3 atom stereocenters. The van der Waals surface area contributed by atoms with Crippen LogP contribution in [0.1, 0.15) is 41.3 Å². The van der Waals surface area contributed by atoms with E-state index in [-0.39, 0.29) is 18.2 Å². The Morgan fingerprint density at radius 3 is 2.14 bits per heavy atom. The highest BCUT2D eigenvalue weighted by atomic mass is 19.4. The zero-order valence-electron chi connectivity index (χ0n) is 20.5. The highest BCUT2D eigenvalue weighted by Gasteiger charge is 2.39. The van der Waals surface area contributed by atoms with Crippen molar-refractivity contribution in [2.24, 2.45) is 0 Å². The third kappa shape index (κ3) is 7.92. The lowest BCUT2D eigenvalue weighted by atomic mass is 10.0. The molecular weight excluding hydrogens is 505 g/mol. The summed E-state index contributed by atoms with van der Waals surface area (Å²) in [6.07, 6.45) is -12.2. The molecule has 1 aliphatic heterocycles. The van der Waals surface area contributed by atoms with E-state index in [0.717, 1.165) is 0 Å². The molecule has 3 rings (SSSR count). The van der Waals surface area contributed by atoms with Crippen LogP contribution in [0.5, 0.6) is 0 Å². The van der Waals surface area contributed by atoms with Gasteiger partial charge in [0.1, 0.15) is 5.82 Å². The third-order valence-electron chi connectivity index (χ3n) is 5.74. The normalized spacial score (nSPS) is 20.0. The van der Waals surface area contributed by atoms with Crippen LogP contribution in [-0.4, -0.2) is 56.4 Å². The Balaban J connectivity index is 1.92. The number of alkyl halides is 6. The summed E-state index contributed by atoms with van der Waals surface area (Å²) in [6.45, 7) is 2.82. The van der Waals surface area contributed by atoms with Crippen LogP contribution >= 0.6 is 0 Å². The van der Waals surface area contributed by atoms with Crippen LogP contribution in [0.25, 0.3) is 0 Å². The van der Waals surface area contributed by atoms with Crippen molar-refractivity contribution in [2.45, 2.75) is 37.7 Å². The van der Waals surface area contributed by atoms with E-state index in [1.165, 1.54) is 31.2 Å². The van der Waals surface area contributed by atoms with Crippen LogP contribution in [0.15, 0.2) is 42.5 Å².